The van der Waals surface area contributed by atoms with Crippen LogP contribution in [-0.2, 0) is 6.54 Å². The van der Waals surface area contributed by atoms with Gasteiger partial charge in [0.2, 0.25) is 0 Å². The summed E-state index contributed by atoms with van der Waals surface area (Å²) >= 11 is 0. The third-order valence-electron chi connectivity index (χ3n) is 2.13. The topological polar surface area (TPSA) is 25.2 Å². The van der Waals surface area contributed by atoms with Gasteiger partial charge in [-0.05, 0) is 31.2 Å². The lowest BCUT2D eigenvalue weighted by Crippen LogP contribution is -1.99. The van der Waals surface area contributed by atoms with Crippen molar-refractivity contribution in [2.45, 2.75) is 13.5 Å². The quantitative estimate of drug-likeness (QED) is 0.861. The monoisotopic (exact) mass is 223 g/mol. The van der Waals surface area contributed by atoms with Gasteiger partial charge in [0.25, 0.3) is 0 Å². The minimum atomic E-state index is -0.599. The molecule has 16 heavy (non-hydrogen) atoms. The van der Waals surface area contributed by atoms with Crippen molar-refractivity contribution < 1.29 is 13.2 Å². The molecular weight excluding hydrogens is 212 g/mol. The van der Waals surface area contributed by atoms with Crippen molar-refractivity contribution in [3.63, 3.8) is 0 Å². The van der Waals surface area contributed by atoms with Crippen molar-refractivity contribution in [3.05, 3.63) is 53.5 Å². The molecule has 2 rings (SSSR count). The highest BCUT2D eigenvalue weighted by molar-refractivity contribution is 5.43. The molecule has 0 spiro atoms. The second kappa shape index (κ2) is 4.35. The van der Waals surface area contributed by atoms with E-state index >= 15 is 0 Å². The van der Waals surface area contributed by atoms with Crippen molar-refractivity contribution >= 4 is 5.69 Å². The molecule has 2 nitrogen and oxygen atoms in total. The van der Waals surface area contributed by atoms with Crippen molar-refractivity contribution in [3.8, 4) is 0 Å². The molecule has 0 bridgehead atoms. The Kier molecular flexibility index (Phi) is 2.90. The molecule has 0 saturated heterocycles. The Morgan fingerprint density at radius 2 is 1.81 bits per heavy atom. The van der Waals surface area contributed by atoms with Gasteiger partial charge in [-0.25, -0.2) is 8.78 Å². The number of nitrogens with one attached hydrogen (secondary N) is 1. The van der Waals surface area contributed by atoms with Crippen LogP contribution in [0.4, 0.5) is 14.5 Å². The zero-order chi connectivity index (χ0) is 11.5. The summed E-state index contributed by atoms with van der Waals surface area (Å²) in [5, 5.41) is 2.88. The third kappa shape index (κ3) is 2.59. The van der Waals surface area contributed by atoms with Gasteiger partial charge in [-0.1, -0.05) is 0 Å². The molecule has 0 radical (unpaired) electrons. The highest BCUT2D eigenvalue weighted by Crippen LogP contribution is 2.14. The first kappa shape index (κ1) is 10.7. The maximum absolute atomic E-state index is 12.9. The van der Waals surface area contributed by atoms with Crippen LogP contribution in [0.1, 0.15) is 11.5 Å². The van der Waals surface area contributed by atoms with E-state index in [9.17, 15) is 8.78 Å². The summed E-state index contributed by atoms with van der Waals surface area (Å²) in [4.78, 5) is 0. The molecule has 1 aromatic heterocycles. The van der Waals surface area contributed by atoms with E-state index in [0.29, 0.717) is 12.2 Å². The van der Waals surface area contributed by atoms with Crippen molar-refractivity contribution in [1.82, 2.24) is 0 Å². The number of halogens is 2. The number of anilines is 1. The number of rotatable bonds is 3. The molecule has 0 amide bonds. The molecule has 0 unspecified atom stereocenters. The summed E-state index contributed by atoms with van der Waals surface area (Å²) in [5.41, 5.74) is 0.395. The van der Waals surface area contributed by atoms with E-state index in [1.807, 2.05) is 19.1 Å². The van der Waals surface area contributed by atoms with Crippen LogP contribution in [0.15, 0.2) is 34.7 Å². The molecule has 0 aliphatic carbocycles. The van der Waals surface area contributed by atoms with Crippen LogP contribution >= 0.6 is 0 Å². The van der Waals surface area contributed by atoms with E-state index in [1.54, 1.807) is 0 Å². The third-order valence-corrected chi connectivity index (χ3v) is 2.13. The Bertz CT molecular complexity index is 473. The second-order valence-electron chi connectivity index (χ2n) is 3.52. The van der Waals surface area contributed by atoms with E-state index in [4.69, 9.17) is 4.42 Å². The standard InChI is InChI=1S/C12H11F2NO/c1-8-2-3-12(16-8)7-15-11-5-9(13)4-10(14)6-11/h2-6,15H,7H2,1H3. The van der Waals surface area contributed by atoms with Crippen LogP contribution in [0.2, 0.25) is 0 Å². The van der Waals surface area contributed by atoms with Crippen molar-refractivity contribution in [2.24, 2.45) is 0 Å². The molecule has 0 atom stereocenters. The number of furan rings is 1. The Morgan fingerprint density at radius 3 is 2.38 bits per heavy atom. The van der Waals surface area contributed by atoms with Gasteiger partial charge in [-0.3, -0.25) is 0 Å². The molecule has 2 aromatic rings. The molecule has 84 valence electrons. The summed E-state index contributed by atoms with van der Waals surface area (Å²) in [6.07, 6.45) is 0. The molecule has 1 N–H and O–H groups in total. The van der Waals surface area contributed by atoms with Gasteiger partial charge in [0.15, 0.2) is 0 Å². The van der Waals surface area contributed by atoms with Crippen LogP contribution < -0.4 is 5.32 Å². The molecule has 0 fully saturated rings. The van der Waals surface area contributed by atoms with Crippen LogP contribution in [0.3, 0.4) is 0 Å². The summed E-state index contributed by atoms with van der Waals surface area (Å²) in [6.45, 7) is 2.24. The summed E-state index contributed by atoms with van der Waals surface area (Å²) < 4.78 is 31.0. The zero-order valence-electron chi connectivity index (χ0n) is 8.76. The highest BCUT2D eigenvalue weighted by Gasteiger charge is 2.02. The number of hydrogen-bond acceptors (Lipinski definition) is 2. The average molecular weight is 223 g/mol. The van der Waals surface area contributed by atoms with Crippen molar-refractivity contribution in [1.29, 1.82) is 0 Å². The predicted molar refractivity (Wildman–Crippen MR) is 57.1 cm³/mol. The Labute approximate surface area is 91.9 Å². The van der Waals surface area contributed by atoms with Crippen molar-refractivity contribution in [2.75, 3.05) is 5.32 Å². The van der Waals surface area contributed by atoms with Gasteiger partial charge in [0.05, 0.1) is 6.54 Å². The fourth-order valence-corrected chi connectivity index (χ4v) is 1.43. The lowest BCUT2D eigenvalue weighted by atomic mass is 10.3. The van der Waals surface area contributed by atoms with Crippen LogP contribution in [0.5, 0.6) is 0 Å². The van der Waals surface area contributed by atoms with E-state index < -0.39 is 11.6 Å². The van der Waals surface area contributed by atoms with Gasteiger partial charge in [-0.15, -0.1) is 0 Å². The van der Waals surface area contributed by atoms with E-state index in [1.165, 1.54) is 12.1 Å². The second-order valence-corrected chi connectivity index (χ2v) is 3.52. The average Bonchev–Trinajstić information content (AvgIpc) is 2.60. The number of hydrogen-bond donors (Lipinski definition) is 1. The van der Waals surface area contributed by atoms with Gasteiger partial charge in [0.1, 0.15) is 23.2 Å². The highest BCUT2D eigenvalue weighted by atomic mass is 19.1. The van der Waals surface area contributed by atoms with Gasteiger partial charge in [-0.2, -0.15) is 0 Å². The normalized spacial score (nSPS) is 10.4. The fourth-order valence-electron chi connectivity index (χ4n) is 1.43. The molecular formula is C12H11F2NO. The Balaban J connectivity index is 2.04. The fraction of sp³-hybridized carbons (Fsp3) is 0.167. The first-order valence-corrected chi connectivity index (χ1v) is 4.89. The summed E-state index contributed by atoms with van der Waals surface area (Å²) in [7, 11) is 0. The van der Waals surface area contributed by atoms with Crippen LogP contribution in [-0.4, -0.2) is 0 Å². The maximum Gasteiger partial charge on any atom is 0.128 e. The molecule has 0 saturated carbocycles. The molecule has 1 heterocycles. The lowest BCUT2D eigenvalue weighted by Gasteiger charge is -2.04. The Hall–Kier alpha value is -1.84. The Morgan fingerprint density at radius 1 is 1.12 bits per heavy atom. The van der Waals surface area contributed by atoms with Gasteiger partial charge in [0, 0.05) is 11.8 Å². The van der Waals surface area contributed by atoms with E-state index in [-0.39, 0.29) is 0 Å². The minimum Gasteiger partial charge on any atom is -0.465 e. The first-order chi connectivity index (χ1) is 7.63. The van der Waals surface area contributed by atoms with Crippen LogP contribution in [0, 0.1) is 18.6 Å². The summed E-state index contributed by atoms with van der Waals surface area (Å²) in [6, 6.07) is 6.96. The predicted octanol–water partition coefficient (Wildman–Crippen LogP) is 3.48. The molecule has 0 aliphatic rings. The van der Waals surface area contributed by atoms with Gasteiger partial charge >= 0.3 is 0 Å². The smallest absolute Gasteiger partial charge is 0.128 e. The molecule has 1 aromatic carbocycles. The first-order valence-electron chi connectivity index (χ1n) is 4.89. The maximum atomic E-state index is 12.9. The number of aryl methyl sites for hydroxylation is 1. The minimum absolute atomic E-state index is 0.395. The largest absolute Gasteiger partial charge is 0.465 e. The zero-order valence-corrected chi connectivity index (χ0v) is 8.76. The molecule has 4 heteroatoms. The van der Waals surface area contributed by atoms with Gasteiger partial charge < -0.3 is 9.73 Å². The number of benzene rings is 1. The lowest BCUT2D eigenvalue weighted by molar-refractivity contribution is 0.490. The molecule has 0 aliphatic heterocycles. The SMILES string of the molecule is Cc1ccc(CNc2cc(F)cc(F)c2)o1. The van der Waals surface area contributed by atoms with Crippen LogP contribution in [0.25, 0.3) is 0 Å². The van der Waals surface area contributed by atoms with E-state index in [0.717, 1.165) is 17.6 Å². The summed E-state index contributed by atoms with van der Waals surface area (Å²) in [5.74, 6) is 0.334. The van der Waals surface area contributed by atoms with E-state index in [2.05, 4.69) is 5.32 Å².